The molecule has 0 spiro atoms. The molecule has 0 radical (unpaired) electrons. The Morgan fingerprint density at radius 1 is 1.04 bits per heavy atom. The van der Waals surface area contributed by atoms with Crippen LogP contribution >= 0.6 is 0 Å². The van der Waals surface area contributed by atoms with Gasteiger partial charge in [0, 0.05) is 22.2 Å². The molecule has 0 fully saturated rings. The lowest BCUT2D eigenvalue weighted by molar-refractivity contribution is -0.137. The van der Waals surface area contributed by atoms with Crippen LogP contribution in [0.25, 0.3) is 10.9 Å². The van der Waals surface area contributed by atoms with E-state index in [2.05, 4.69) is 4.98 Å². The number of halogens is 3. The molecule has 0 atom stereocenters. The fourth-order valence-electron chi connectivity index (χ4n) is 2.72. The van der Waals surface area contributed by atoms with Gasteiger partial charge in [0.15, 0.2) is 6.61 Å². The molecule has 0 amide bonds. The van der Waals surface area contributed by atoms with Gasteiger partial charge in [0.1, 0.15) is 0 Å². The Morgan fingerprint density at radius 3 is 2.35 bits per heavy atom. The van der Waals surface area contributed by atoms with Crippen LogP contribution in [0.1, 0.15) is 32.0 Å². The third-order valence-electron chi connectivity index (χ3n) is 3.95. The van der Waals surface area contributed by atoms with E-state index in [1.807, 2.05) is 12.1 Å². The van der Waals surface area contributed by atoms with Crippen molar-refractivity contribution in [3.8, 4) is 0 Å². The summed E-state index contributed by atoms with van der Waals surface area (Å²) in [5.41, 5.74) is 0.964. The average molecular weight is 361 g/mol. The first kappa shape index (κ1) is 17.7. The topological polar surface area (TPSA) is 59.2 Å². The summed E-state index contributed by atoms with van der Waals surface area (Å²) in [4.78, 5) is 27.5. The van der Waals surface area contributed by atoms with Gasteiger partial charge in [0.05, 0.1) is 11.1 Å². The van der Waals surface area contributed by atoms with E-state index in [-0.39, 0.29) is 11.3 Å². The second-order valence-electron chi connectivity index (χ2n) is 5.75. The zero-order valence-electron chi connectivity index (χ0n) is 13.7. The van der Waals surface area contributed by atoms with E-state index in [4.69, 9.17) is 4.74 Å². The van der Waals surface area contributed by atoms with Crippen LogP contribution in [0.3, 0.4) is 0 Å². The predicted octanol–water partition coefficient (Wildman–Crippen LogP) is 4.53. The summed E-state index contributed by atoms with van der Waals surface area (Å²) in [5, 5.41) is 0.723. The second kappa shape index (κ2) is 6.67. The third kappa shape index (κ3) is 3.46. The standard InChI is InChI=1S/C19H14F3NO3/c1-11-17(14-4-2-3-5-15(14)23-11)16(24)10-26-18(25)12-6-8-13(9-7-12)19(20,21)22/h2-9,23H,10H2,1H3. The van der Waals surface area contributed by atoms with Crippen LogP contribution in [-0.4, -0.2) is 23.3 Å². The summed E-state index contributed by atoms with van der Waals surface area (Å²) < 4.78 is 42.6. The fourth-order valence-corrected chi connectivity index (χ4v) is 2.72. The number of fused-ring (bicyclic) bond motifs is 1. The van der Waals surface area contributed by atoms with E-state index in [9.17, 15) is 22.8 Å². The van der Waals surface area contributed by atoms with Crippen LogP contribution in [0.2, 0.25) is 0 Å². The highest BCUT2D eigenvalue weighted by atomic mass is 19.4. The monoisotopic (exact) mass is 361 g/mol. The Bertz CT molecular complexity index is 972. The summed E-state index contributed by atoms with van der Waals surface area (Å²) in [6.07, 6.45) is -4.48. The molecule has 134 valence electrons. The summed E-state index contributed by atoms with van der Waals surface area (Å²) in [6, 6.07) is 10.9. The molecule has 0 bridgehead atoms. The minimum atomic E-state index is -4.48. The van der Waals surface area contributed by atoms with Crippen LogP contribution in [0.15, 0.2) is 48.5 Å². The number of alkyl halides is 3. The van der Waals surface area contributed by atoms with Crippen molar-refractivity contribution < 1.29 is 27.5 Å². The number of aromatic nitrogens is 1. The number of benzene rings is 2. The number of hydrogen-bond acceptors (Lipinski definition) is 3. The van der Waals surface area contributed by atoms with Gasteiger partial charge in [-0.1, -0.05) is 18.2 Å². The Balaban J connectivity index is 1.71. The molecule has 7 heteroatoms. The number of H-pyrrole nitrogens is 1. The number of rotatable bonds is 4. The maximum Gasteiger partial charge on any atom is 0.416 e. The molecular weight excluding hydrogens is 347 g/mol. The number of Topliss-reactive ketones (excluding diaryl/α,β-unsaturated/α-hetero) is 1. The Labute approximate surface area is 146 Å². The minimum Gasteiger partial charge on any atom is -0.454 e. The van der Waals surface area contributed by atoms with Gasteiger partial charge in [-0.3, -0.25) is 4.79 Å². The highest BCUT2D eigenvalue weighted by Crippen LogP contribution is 2.29. The second-order valence-corrected chi connectivity index (χ2v) is 5.75. The molecule has 2 aromatic carbocycles. The first-order valence-corrected chi connectivity index (χ1v) is 7.72. The fraction of sp³-hybridized carbons (Fsp3) is 0.158. The predicted molar refractivity (Wildman–Crippen MR) is 89.1 cm³/mol. The lowest BCUT2D eigenvalue weighted by Gasteiger charge is -2.08. The van der Waals surface area contributed by atoms with Crippen LogP contribution in [0.5, 0.6) is 0 Å². The third-order valence-corrected chi connectivity index (χ3v) is 3.95. The maximum absolute atomic E-state index is 12.5. The van der Waals surface area contributed by atoms with Gasteiger partial charge in [-0.25, -0.2) is 4.79 Å². The number of ketones is 1. The van der Waals surface area contributed by atoms with Crippen molar-refractivity contribution in [1.29, 1.82) is 0 Å². The lowest BCUT2D eigenvalue weighted by Crippen LogP contribution is -2.15. The molecular formula is C19H14F3NO3. The van der Waals surface area contributed by atoms with Gasteiger partial charge in [-0.2, -0.15) is 13.2 Å². The van der Waals surface area contributed by atoms with E-state index >= 15 is 0 Å². The van der Waals surface area contributed by atoms with Crippen molar-refractivity contribution >= 4 is 22.7 Å². The summed E-state index contributed by atoms with van der Waals surface area (Å²) >= 11 is 0. The molecule has 0 aliphatic rings. The van der Waals surface area contributed by atoms with Gasteiger partial charge < -0.3 is 9.72 Å². The SMILES string of the molecule is Cc1[nH]c2ccccc2c1C(=O)COC(=O)c1ccc(C(F)(F)F)cc1. The normalized spacial score (nSPS) is 11.5. The average Bonchev–Trinajstić information content (AvgIpc) is 2.94. The van der Waals surface area contributed by atoms with Crippen LogP contribution in [-0.2, 0) is 10.9 Å². The highest BCUT2D eigenvalue weighted by molar-refractivity contribution is 6.10. The van der Waals surface area contributed by atoms with Gasteiger partial charge >= 0.3 is 12.1 Å². The summed E-state index contributed by atoms with van der Waals surface area (Å²) in [5.74, 6) is -1.25. The summed E-state index contributed by atoms with van der Waals surface area (Å²) in [6.45, 7) is 1.24. The molecule has 3 aromatic rings. The zero-order chi connectivity index (χ0) is 18.9. The van der Waals surface area contributed by atoms with Gasteiger partial charge in [0.25, 0.3) is 0 Å². The van der Waals surface area contributed by atoms with E-state index in [1.165, 1.54) is 0 Å². The molecule has 0 aliphatic heterocycles. The number of para-hydroxylation sites is 1. The highest BCUT2D eigenvalue weighted by Gasteiger charge is 2.30. The van der Waals surface area contributed by atoms with Crippen molar-refractivity contribution in [3.63, 3.8) is 0 Å². The number of carbonyl (C=O) groups is 2. The van der Waals surface area contributed by atoms with Crippen LogP contribution < -0.4 is 0 Å². The minimum absolute atomic E-state index is 0.0542. The van der Waals surface area contributed by atoms with Crippen molar-refractivity contribution in [3.05, 3.63) is 70.9 Å². The molecule has 0 aliphatic carbocycles. The zero-order valence-corrected chi connectivity index (χ0v) is 13.7. The molecule has 1 N–H and O–H groups in total. The van der Waals surface area contributed by atoms with Crippen LogP contribution in [0, 0.1) is 6.92 Å². The summed E-state index contributed by atoms with van der Waals surface area (Å²) in [7, 11) is 0. The largest absolute Gasteiger partial charge is 0.454 e. The Hall–Kier alpha value is -3.09. The van der Waals surface area contributed by atoms with Gasteiger partial charge in [-0.15, -0.1) is 0 Å². The van der Waals surface area contributed by atoms with E-state index in [0.717, 1.165) is 35.2 Å². The van der Waals surface area contributed by atoms with E-state index in [1.54, 1.807) is 19.1 Å². The number of aryl methyl sites for hydroxylation is 1. The molecule has 0 saturated carbocycles. The molecule has 3 rings (SSSR count). The number of carbonyl (C=O) groups excluding carboxylic acids is 2. The van der Waals surface area contributed by atoms with E-state index < -0.39 is 24.3 Å². The molecule has 1 heterocycles. The Morgan fingerprint density at radius 2 is 1.69 bits per heavy atom. The van der Waals surface area contributed by atoms with Crippen LogP contribution in [0.4, 0.5) is 13.2 Å². The number of hydrogen-bond donors (Lipinski definition) is 1. The molecule has 1 aromatic heterocycles. The van der Waals surface area contributed by atoms with E-state index in [0.29, 0.717) is 11.3 Å². The maximum atomic E-state index is 12.5. The smallest absolute Gasteiger partial charge is 0.416 e. The first-order valence-electron chi connectivity index (χ1n) is 7.72. The molecule has 4 nitrogen and oxygen atoms in total. The number of esters is 1. The van der Waals surface area contributed by atoms with Crippen molar-refractivity contribution in [2.75, 3.05) is 6.61 Å². The number of nitrogens with one attached hydrogen (secondary N) is 1. The lowest BCUT2D eigenvalue weighted by atomic mass is 10.1. The quantitative estimate of drug-likeness (QED) is 0.548. The number of aromatic amines is 1. The van der Waals surface area contributed by atoms with Crippen molar-refractivity contribution in [1.82, 2.24) is 4.98 Å². The first-order chi connectivity index (χ1) is 12.3. The molecule has 0 saturated heterocycles. The van der Waals surface area contributed by atoms with Gasteiger partial charge in [-0.05, 0) is 37.3 Å². The van der Waals surface area contributed by atoms with Gasteiger partial charge in [0.2, 0.25) is 5.78 Å². The molecule has 26 heavy (non-hydrogen) atoms. The Kier molecular flexibility index (Phi) is 4.54. The van der Waals surface area contributed by atoms with Crippen molar-refractivity contribution in [2.24, 2.45) is 0 Å². The van der Waals surface area contributed by atoms with Crippen molar-refractivity contribution in [2.45, 2.75) is 13.1 Å². The molecule has 0 unspecified atom stereocenters. The number of ether oxygens (including phenoxy) is 1.